The maximum absolute atomic E-state index is 14.8. The quantitative estimate of drug-likeness (QED) is 0.410. The van der Waals surface area contributed by atoms with E-state index in [9.17, 15) is 9.18 Å². The van der Waals surface area contributed by atoms with E-state index in [4.69, 9.17) is 16.2 Å². The first-order valence-electron chi connectivity index (χ1n) is 11.1. The van der Waals surface area contributed by atoms with Crippen LogP contribution in [0.5, 0.6) is 0 Å². The molecule has 0 saturated heterocycles. The molecule has 4 rings (SSSR count). The summed E-state index contributed by atoms with van der Waals surface area (Å²) >= 11 is 0. The first-order chi connectivity index (χ1) is 15.9. The molecule has 2 atom stereocenters. The lowest BCUT2D eigenvalue weighted by molar-refractivity contribution is 0.100. The summed E-state index contributed by atoms with van der Waals surface area (Å²) < 4.78 is 21.8. The smallest absolute Gasteiger partial charge is 0.252 e. The molecule has 1 saturated carbocycles. The van der Waals surface area contributed by atoms with Crippen LogP contribution < -0.4 is 22.1 Å². The summed E-state index contributed by atoms with van der Waals surface area (Å²) in [7, 11) is 1.65. The third-order valence-corrected chi connectivity index (χ3v) is 6.09. The zero-order valence-corrected chi connectivity index (χ0v) is 18.9. The number of benzene rings is 1. The van der Waals surface area contributed by atoms with Gasteiger partial charge in [0, 0.05) is 30.3 Å². The Kier molecular flexibility index (Phi) is 6.75. The Labute approximate surface area is 191 Å². The van der Waals surface area contributed by atoms with Crippen molar-refractivity contribution < 1.29 is 13.9 Å². The lowest BCUT2D eigenvalue weighted by Gasteiger charge is -2.30. The summed E-state index contributed by atoms with van der Waals surface area (Å²) in [4.78, 5) is 16.4. The van der Waals surface area contributed by atoms with Gasteiger partial charge >= 0.3 is 0 Å². The lowest BCUT2D eigenvalue weighted by atomic mass is 9.91. The van der Waals surface area contributed by atoms with Gasteiger partial charge in [-0.3, -0.25) is 9.48 Å². The van der Waals surface area contributed by atoms with Crippen molar-refractivity contribution in [3.8, 4) is 0 Å². The minimum atomic E-state index is -0.769. The Balaban J connectivity index is 1.65. The van der Waals surface area contributed by atoms with Crippen molar-refractivity contribution in [2.75, 3.05) is 24.4 Å². The number of methoxy groups -OCH3 is 1. The second-order valence-corrected chi connectivity index (χ2v) is 8.44. The van der Waals surface area contributed by atoms with Gasteiger partial charge in [0.05, 0.1) is 29.9 Å². The molecule has 1 fully saturated rings. The number of aryl methyl sites for hydroxylation is 1. The number of rotatable bonds is 8. The number of nitrogens with two attached hydrogens (primary N) is 2. The monoisotopic (exact) mass is 455 g/mol. The van der Waals surface area contributed by atoms with Crippen molar-refractivity contribution >= 4 is 34.1 Å². The fourth-order valence-corrected chi connectivity index (χ4v) is 4.29. The van der Waals surface area contributed by atoms with E-state index < -0.39 is 11.7 Å². The normalized spacial score (nSPS) is 18.4. The van der Waals surface area contributed by atoms with Crippen LogP contribution in [0.2, 0.25) is 0 Å². The zero-order chi connectivity index (χ0) is 23.5. The largest absolute Gasteiger partial charge is 0.383 e. The number of nitrogens with zero attached hydrogens (tertiary/aromatic N) is 3. The van der Waals surface area contributed by atoms with E-state index in [-0.39, 0.29) is 29.3 Å². The van der Waals surface area contributed by atoms with Gasteiger partial charge in [-0.2, -0.15) is 5.10 Å². The van der Waals surface area contributed by atoms with Gasteiger partial charge < -0.3 is 26.8 Å². The van der Waals surface area contributed by atoms with Gasteiger partial charge in [-0.1, -0.05) is 12.8 Å². The molecule has 1 aliphatic carbocycles. The third-order valence-electron chi connectivity index (χ3n) is 6.09. The fourth-order valence-electron chi connectivity index (χ4n) is 4.29. The van der Waals surface area contributed by atoms with Crippen LogP contribution >= 0.6 is 0 Å². The standard InChI is InChI=1S/C23H30FN7O2/c1-13-15-11-14(7-8-20(15)31(30-13)9-10-33-2)27-22-16(21(26)32)12-17(24)23(29-22)28-19-6-4-3-5-18(19)25/h7-8,11-12,18-19H,3-6,9-10,25H2,1-2H3,(H2,26,32)(H2,27,28,29). The molecule has 2 heterocycles. The van der Waals surface area contributed by atoms with E-state index in [1.165, 1.54) is 0 Å². The topological polar surface area (TPSA) is 133 Å². The average Bonchev–Trinajstić information content (AvgIpc) is 3.10. The molecule has 176 valence electrons. The van der Waals surface area contributed by atoms with Gasteiger partial charge in [-0.15, -0.1) is 0 Å². The number of hydrogen-bond donors (Lipinski definition) is 4. The number of carbonyl (C=O) groups excluding carboxylic acids is 1. The number of nitrogens with one attached hydrogen (secondary N) is 2. The predicted octanol–water partition coefficient (Wildman–Crippen LogP) is 3.05. The van der Waals surface area contributed by atoms with E-state index in [0.29, 0.717) is 18.8 Å². The van der Waals surface area contributed by atoms with Crippen molar-refractivity contribution in [1.82, 2.24) is 14.8 Å². The molecule has 0 radical (unpaired) electrons. The average molecular weight is 456 g/mol. The van der Waals surface area contributed by atoms with E-state index in [1.807, 2.05) is 29.8 Å². The van der Waals surface area contributed by atoms with Gasteiger partial charge in [0.15, 0.2) is 11.6 Å². The van der Waals surface area contributed by atoms with Crippen LogP contribution in [0.4, 0.5) is 21.7 Å². The summed E-state index contributed by atoms with van der Waals surface area (Å²) in [5.41, 5.74) is 14.2. The van der Waals surface area contributed by atoms with Gasteiger partial charge in [-0.05, 0) is 44.0 Å². The number of carbonyl (C=O) groups is 1. The van der Waals surface area contributed by atoms with E-state index in [2.05, 4.69) is 20.7 Å². The van der Waals surface area contributed by atoms with Crippen LogP contribution in [0.1, 0.15) is 41.7 Å². The number of ether oxygens (including phenoxy) is 1. The highest BCUT2D eigenvalue weighted by Crippen LogP contribution is 2.29. The van der Waals surface area contributed by atoms with Crippen LogP contribution in [0.3, 0.4) is 0 Å². The summed E-state index contributed by atoms with van der Waals surface area (Å²) in [5.74, 6) is -1.18. The highest BCUT2D eigenvalue weighted by molar-refractivity contribution is 5.99. The van der Waals surface area contributed by atoms with Crippen LogP contribution in [-0.2, 0) is 11.3 Å². The molecule has 9 nitrogen and oxygen atoms in total. The maximum Gasteiger partial charge on any atom is 0.252 e. The molecule has 1 aliphatic rings. The van der Waals surface area contributed by atoms with Crippen LogP contribution in [0, 0.1) is 12.7 Å². The van der Waals surface area contributed by atoms with E-state index >= 15 is 0 Å². The fraction of sp³-hybridized carbons (Fsp3) is 0.435. The van der Waals surface area contributed by atoms with Gasteiger partial charge in [-0.25, -0.2) is 9.37 Å². The summed E-state index contributed by atoms with van der Waals surface area (Å²) in [6.45, 7) is 3.12. The molecule has 0 bridgehead atoms. The molecule has 2 aromatic heterocycles. The molecular weight excluding hydrogens is 425 g/mol. The van der Waals surface area contributed by atoms with Gasteiger partial charge in [0.2, 0.25) is 0 Å². The summed E-state index contributed by atoms with van der Waals surface area (Å²) in [5, 5.41) is 11.8. The number of halogens is 1. The maximum atomic E-state index is 14.8. The van der Waals surface area contributed by atoms with Crippen LogP contribution in [-0.4, -0.2) is 46.5 Å². The molecule has 33 heavy (non-hydrogen) atoms. The number of amides is 1. The van der Waals surface area contributed by atoms with Crippen LogP contribution in [0.25, 0.3) is 10.9 Å². The van der Waals surface area contributed by atoms with Crippen molar-refractivity contribution in [3.05, 3.63) is 41.3 Å². The Morgan fingerprint density at radius 3 is 2.79 bits per heavy atom. The summed E-state index contributed by atoms with van der Waals surface area (Å²) in [6, 6.07) is 6.66. The number of hydrogen-bond acceptors (Lipinski definition) is 7. The second kappa shape index (κ2) is 9.72. The Hall–Kier alpha value is -3.24. The summed E-state index contributed by atoms with van der Waals surface area (Å²) in [6.07, 6.45) is 3.80. The first kappa shape index (κ1) is 22.9. The highest BCUT2D eigenvalue weighted by atomic mass is 19.1. The number of primary amides is 1. The highest BCUT2D eigenvalue weighted by Gasteiger charge is 2.24. The SMILES string of the molecule is COCCn1nc(C)c2cc(Nc3nc(NC4CCCCC4N)c(F)cc3C(N)=O)ccc21. The number of fused-ring (bicyclic) bond motifs is 1. The van der Waals surface area contributed by atoms with E-state index in [0.717, 1.165) is 48.3 Å². The number of anilines is 3. The van der Waals surface area contributed by atoms with Crippen molar-refractivity contribution in [2.45, 2.75) is 51.2 Å². The molecule has 0 aliphatic heterocycles. The minimum Gasteiger partial charge on any atom is -0.383 e. The molecule has 0 spiro atoms. The van der Waals surface area contributed by atoms with Gasteiger partial charge in [0.1, 0.15) is 5.82 Å². The predicted molar refractivity (Wildman–Crippen MR) is 126 cm³/mol. The zero-order valence-electron chi connectivity index (χ0n) is 18.9. The van der Waals surface area contributed by atoms with Crippen molar-refractivity contribution in [2.24, 2.45) is 11.5 Å². The molecule has 1 amide bonds. The number of aromatic nitrogens is 3. The van der Waals surface area contributed by atoms with E-state index in [1.54, 1.807) is 7.11 Å². The molecular formula is C23H30FN7O2. The Morgan fingerprint density at radius 1 is 1.27 bits per heavy atom. The minimum absolute atomic E-state index is 0.0291. The molecule has 3 aromatic rings. The lowest BCUT2D eigenvalue weighted by Crippen LogP contribution is -2.43. The van der Waals surface area contributed by atoms with Gasteiger partial charge in [0.25, 0.3) is 5.91 Å². The molecule has 10 heteroatoms. The van der Waals surface area contributed by atoms with Crippen molar-refractivity contribution in [3.63, 3.8) is 0 Å². The first-order valence-corrected chi connectivity index (χ1v) is 11.1. The Morgan fingerprint density at radius 2 is 2.06 bits per heavy atom. The van der Waals surface area contributed by atoms with Crippen LogP contribution in [0.15, 0.2) is 24.3 Å². The molecule has 1 aromatic carbocycles. The molecule has 6 N–H and O–H groups in total. The van der Waals surface area contributed by atoms with Crippen molar-refractivity contribution in [1.29, 1.82) is 0 Å². The molecule has 2 unspecified atom stereocenters. The Bertz CT molecular complexity index is 1160. The third kappa shape index (κ3) is 4.91. The number of pyridine rings is 1. The second-order valence-electron chi connectivity index (χ2n) is 8.44.